The smallest absolute Gasteiger partial charge is 0.221 e. The van der Waals surface area contributed by atoms with E-state index in [9.17, 15) is 0 Å². The largest absolute Gasteiger partial charge is 0.439 e. The number of benzene rings is 1. The van der Waals surface area contributed by atoms with Gasteiger partial charge in [0, 0.05) is 12.6 Å². The molecule has 0 saturated heterocycles. The maximum absolute atomic E-state index is 6.02. The lowest BCUT2D eigenvalue weighted by Gasteiger charge is -2.14. The van der Waals surface area contributed by atoms with E-state index >= 15 is 0 Å². The molecule has 0 aliphatic heterocycles. The zero-order chi connectivity index (χ0) is 15.2. The number of rotatable bonds is 6. The van der Waals surface area contributed by atoms with Crippen molar-refractivity contribution in [3.8, 4) is 11.6 Å². The molecule has 3 heteroatoms. The summed E-state index contributed by atoms with van der Waals surface area (Å²) in [6, 6.07) is 12.1. The third-order valence-corrected chi connectivity index (χ3v) is 3.29. The van der Waals surface area contributed by atoms with E-state index in [2.05, 4.69) is 56.2 Å². The Bertz CT molecular complexity index is 594. The maximum atomic E-state index is 6.02. The number of aromatic nitrogens is 1. The van der Waals surface area contributed by atoms with Crippen LogP contribution in [0.1, 0.15) is 44.2 Å². The van der Waals surface area contributed by atoms with Crippen LogP contribution in [-0.2, 0) is 0 Å². The molecule has 2 rings (SSSR count). The highest BCUT2D eigenvalue weighted by atomic mass is 16.5. The number of hydrogen-bond acceptors (Lipinski definition) is 3. The molecule has 0 aliphatic rings. The number of anilines is 1. The molecule has 0 radical (unpaired) electrons. The van der Waals surface area contributed by atoms with E-state index in [0.29, 0.717) is 11.8 Å². The average Bonchev–Trinajstić information content (AvgIpc) is 2.45. The Morgan fingerprint density at radius 2 is 2.00 bits per heavy atom. The summed E-state index contributed by atoms with van der Waals surface area (Å²) in [5, 5.41) is 3.28. The molecule has 0 bridgehead atoms. The zero-order valence-corrected chi connectivity index (χ0v) is 13.3. The summed E-state index contributed by atoms with van der Waals surface area (Å²) in [6.07, 6.45) is 1.07. The second-order valence-electron chi connectivity index (χ2n) is 5.59. The van der Waals surface area contributed by atoms with E-state index in [-0.39, 0.29) is 0 Å². The van der Waals surface area contributed by atoms with Gasteiger partial charge < -0.3 is 10.1 Å². The normalized spacial score (nSPS) is 10.7. The molecule has 2 aromatic rings. The van der Waals surface area contributed by atoms with Crippen LogP contribution in [0.15, 0.2) is 36.4 Å². The standard InChI is InChI=1S/C18H24N2O/c1-5-11-19-17-7-6-8-18(20-17)21-16-12-14(4)9-10-15(16)13(2)3/h6-10,12-13H,5,11H2,1-4H3,(H,19,20). The van der Waals surface area contributed by atoms with Gasteiger partial charge in [0.25, 0.3) is 0 Å². The summed E-state index contributed by atoms with van der Waals surface area (Å²) in [5.41, 5.74) is 2.39. The molecule has 112 valence electrons. The van der Waals surface area contributed by atoms with Crippen molar-refractivity contribution in [3.05, 3.63) is 47.5 Å². The lowest BCUT2D eigenvalue weighted by molar-refractivity contribution is 0.454. The zero-order valence-electron chi connectivity index (χ0n) is 13.3. The number of aryl methyl sites for hydroxylation is 1. The van der Waals surface area contributed by atoms with Crippen LogP contribution < -0.4 is 10.1 Å². The molecular weight excluding hydrogens is 260 g/mol. The number of nitrogens with one attached hydrogen (secondary N) is 1. The Morgan fingerprint density at radius 1 is 1.19 bits per heavy atom. The van der Waals surface area contributed by atoms with E-state index in [1.807, 2.05) is 18.2 Å². The molecule has 1 heterocycles. The molecule has 0 amide bonds. The Morgan fingerprint density at radius 3 is 2.71 bits per heavy atom. The van der Waals surface area contributed by atoms with Crippen LogP contribution in [0.5, 0.6) is 11.6 Å². The summed E-state index contributed by atoms with van der Waals surface area (Å²) in [4.78, 5) is 4.50. The average molecular weight is 284 g/mol. The molecule has 0 atom stereocenters. The van der Waals surface area contributed by atoms with Gasteiger partial charge in [-0.2, -0.15) is 4.98 Å². The molecule has 3 nitrogen and oxygen atoms in total. The first-order chi connectivity index (χ1) is 10.1. The molecule has 1 aromatic carbocycles. The predicted octanol–water partition coefficient (Wildman–Crippen LogP) is 5.13. The minimum absolute atomic E-state index is 0.419. The van der Waals surface area contributed by atoms with Crippen molar-refractivity contribution < 1.29 is 4.74 Å². The molecule has 0 fully saturated rings. The Labute approximate surface area is 127 Å². The van der Waals surface area contributed by atoms with Crippen LogP contribution in [0.4, 0.5) is 5.82 Å². The minimum atomic E-state index is 0.419. The van der Waals surface area contributed by atoms with Crippen LogP contribution >= 0.6 is 0 Å². The van der Waals surface area contributed by atoms with Gasteiger partial charge in [-0.1, -0.05) is 39.0 Å². The first kappa shape index (κ1) is 15.4. The van der Waals surface area contributed by atoms with E-state index in [1.54, 1.807) is 0 Å². The SMILES string of the molecule is CCCNc1cccc(Oc2cc(C)ccc2C(C)C)n1. The van der Waals surface area contributed by atoms with Crippen molar-refractivity contribution in [3.63, 3.8) is 0 Å². The number of nitrogens with zero attached hydrogens (tertiary/aromatic N) is 1. The molecule has 0 saturated carbocycles. The first-order valence-corrected chi connectivity index (χ1v) is 7.59. The summed E-state index contributed by atoms with van der Waals surface area (Å²) in [5.74, 6) is 2.80. The molecule has 0 aliphatic carbocycles. The lowest BCUT2D eigenvalue weighted by Crippen LogP contribution is -2.02. The van der Waals surface area contributed by atoms with Crippen LogP contribution in [-0.4, -0.2) is 11.5 Å². The van der Waals surface area contributed by atoms with Crippen molar-refractivity contribution in [2.75, 3.05) is 11.9 Å². The fourth-order valence-electron chi connectivity index (χ4n) is 2.14. The van der Waals surface area contributed by atoms with E-state index in [1.165, 1.54) is 11.1 Å². The lowest BCUT2D eigenvalue weighted by atomic mass is 10.0. The second kappa shape index (κ2) is 7.11. The fourth-order valence-corrected chi connectivity index (χ4v) is 2.14. The van der Waals surface area contributed by atoms with Gasteiger partial charge in [0.2, 0.25) is 5.88 Å². The van der Waals surface area contributed by atoms with Gasteiger partial charge in [-0.25, -0.2) is 0 Å². The van der Waals surface area contributed by atoms with Crippen LogP contribution in [0.3, 0.4) is 0 Å². The van der Waals surface area contributed by atoms with E-state index in [0.717, 1.165) is 24.5 Å². The highest BCUT2D eigenvalue weighted by Crippen LogP contribution is 2.31. The number of pyridine rings is 1. The third-order valence-electron chi connectivity index (χ3n) is 3.29. The molecular formula is C18H24N2O. The van der Waals surface area contributed by atoms with E-state index in [4.69, 9.17) is 4.74 Å². The summed E-state index contributed by atoms with van der Waals surface area (Å²) in [6.45, 7) is 9.46. The Hall–Kier alpha value is -2.03. The molecule has 21 heavy (non-hydrogen) atoms. The monoisotopic (exact) mass is 284 g/mol. The Kier molecular flexibility index (Phi) is 5.20. The van der Waals surface area contributed by atoms with Gasteiger partial charge in [-0.05, 0) is 42.5 Å². The van der Waals surface area contributed by atoms with Crippen molar-refractivity contribution >= 4 is 5.82 Å². The van der Waals surface area contributed by atoms with Crippen molar-refractivity contribution in [1.82, 2.24) is 4.98 Å². The van der Waals surface area contributed by atoms with Crippen molar-refractivity contribution in [2.45, 2.75) is 40.0 Å². The van der Waals surface area contributed by atoms with Crippen LogP contribution in [0.2, 0.25) is 0 Å². The first-order valence-electron chi connectivity index (χ1n) is 7.59. The topological polar surface area (TPSA) is 34.1 Å². The third kappa shape index (κ3) is 4.22. The van der Waals surface area contributed by atoms with Gasteiger partial charge >= 0.3 is 0 Å². The summed E-state index contributed by atoms with van der Waals surface area (Å²) < 4.78 is 6.02. The van der Waals surface area contributed by atoms with Gasteiger partial charge in [0.1, 0.15) is 11.6 Å². The second-order valence-corrected chi connectivity index (χ2v) is 5.59. The molecule has 0 unspecified atom stereocenters. The Balaban J connectivity index is 2.23. The van der Waals surface area contributed by atoms with Crippen LogP contribution in [0, 0.1) is 6.92 Å². The minimum Gasteiger partial charge on any atom is -0.439 e. The van der Waals surface area contributed by atoms with Gasteiger partial charge in [0.05, 0.1) is 0 Å². The van der Waals surface area contributed by atoms with Gasteiger partial charge in [-0.15, -0.1) is 0 Å². The quantitative estimate of drug-likeness (QED) is 0.798. The van der Waals surface area contributed by atoms with Crippen LogP contribution in [0.25, 0.3) is 0 Å². The maximum Gasteiger partial charge on any atom is 0.221 e. The molecule has 1 aromatic heterocycles. The highest BCUT2D eigenvalue weighted by molar-refractivity contribution is 5.43. The van der Waals surface area contributed by atoms with Gasteiger partial charge in [-0.3, -0.25) is 0 Å². The van der Waals surface area contributed by atoms with Crippen molar-refractivity contribution in [2.24, 2.45) is 0 Å². The summed E-state index contributed by atoms with van der Waals surface area (Å²) >= 11 is 0. The number of hydrogen-bond donors (Lipinski definition) is 1. The number of ether oxygens (including phenoxy) is 1. The summed E-state index contributed by atoms with van der Waals surface area (Å²) in [7, 11) is 0. The van der Waals surface area contributed by atoms with Crippen molar-refractivity contribution in [1.29, 1.82) is 0 Å². The fraction of sp³-hybridized carbons (Fsp3) is 0.389. The predicted molar refractivity (Wildman–Crippen MR) is 88.4 cm³/mol. The van der Waals surface area contributed by atoms with Gasteiger partial charge in [0.15, 0.2) is 0 Å². The molecule has 0 spiro atoms. The molecule has 1 N–H and O–H groups in total. The van der Waals surface area contributed by atoms with E-state index < -0.39 is 0 Å². The highest BCUT2D eigenvalue weighted by Gasteiger charge is 2.10.